The fraction of sp³-hybridized carbons (Fsp3) is 0.261. The number of fused-ring (bicyclic) bond motifs is 1. The Kier molecular flexibility index (Phi) is 6.30. The Morgan fingerprint density at radius 2 is 1.79 bits per heavy atom. The van der Waals surface area contributed by atoms with Gasteiger partial charge in [-0.2, -0.15) is 9.27 Å². The minimum Gasteiger partial charge on any atom is -0.336 e. The highest BCUT2D eigenvalue weighted by atomic mass is 32.3. The molecule has 3 amide bonds. The Morgan fingerprint density at radius 3 is 2.48 bits per heavy atom. The van der Waals surface area contributed by atoms with Gasteiger partial charge in [0.1, 0.15) is 5.52 Å². The van der Waals surface area contributed by atoms with Gasteiger partial charge >= 0.3 is 16.4 Å². The lowest BCUT2D eigenvalue weighted by Gasteiger charge is -2.39. The van der Waals surface area contributed by atoms with Crippen molar-refractivity contribution in [1.29, 1.82) is 0 Å². The SMILES string of the molecule is CC(C)NC(=O)NC1CN(C(=O)c2ccc(N[S+](=O)(O)c3cccc4cccnc34)cc2)C1. The molecule has 1 fully saturated rings. The molecule has 4 rings (SSSR count). The van der Waals surface area contributed by atoms with Gasteiger partial charge in [0, 0.05) is 42.3 Å². The summed E-state index contributed by atoms with van der Waals surface area (Å²) in [4.78, 5) is 30.5. The van der Waals surface area contributed by atoms with Crippen LogP contribution >= 0.6 is 0 Å². The van der Waals surface area contributed by atoms with E-state index in [1.165, 1.54) is 0 Å². The first kappa shape index (κ1) is 22.7. The molecular weight excluding hydrogens is 442 g/mol. The lowest BCUT2D eigenvalue weighted by atomic mass is 10.1. The van der Waals surface area contributed by atoms with Crippen LogP contribution in [-0.2, 0) is 14.6 Å². The van der Waals surface area contributed by atoms with Crippen LogP contribution < -0.4 is 15.4 Å². The van der Waals surface area contributed by atoms with Crippen molar-refractivity contribution in [3.05, 3.63) is 66.4 Å². The zero-order valence-electron chi connectivity index (χ0n) is 18.3. The molecule has 10 heteroatoms. The van der Waals surface area contributed by atoms with Crippen molar-refractivity contribution in [3.63, 3.8) is 0 Å². The number of pyridine rings is 1. The molecule has 172 valence electrons. The fourth-order valence-corrected chi connectivity index (χ4v) is 4.86. The zero-order chi connectivity index (χ0) is 23.6. The average molecular weight is 469 g/mol. The monoisotopic (exact) mass is 468 g/mol. The summed E-state index contributed by atoms with van der Waals surface area (Å²) in [6.07, 6.45) is 1.58. The number of nitrogens with zero attached hydrogens (tertiary/aromatic N) is 2. The van der Waals surface area contributed by atoms with Gasteiger partial charge in [-0.15, -0.1) is 0 Å². The van der Waals surface area contributed by atoms with Crippen LogP contribution in [0.4, 0.5) is 10.5 Å². The third-order valence-corrected chi connectivity index (χ3v) is 6.64. The number of aromatic nitrogens is 1. The Labute approximate surface area is 193 Å². The van der Waals surface area contributed by atoms with Crippen molar-refractivity contribution in [2.24, 2.45) is 0 Å². The van der Waals surface area contributed by atoms with Crippen molar-refractivity contribution >= 4 is 38.9 Å². The average Bonchev–Trinajstić information content (AvgIpc) is 2.75. The summed E-state index contributed by atoms with van der Waals surface area (Å²) in [5, 5.41) is 6.35. The third-order valence-electron chi connectivity index (χ3n) is 5.21. The second kappa shape index (κ2) is 9.16. The number of carbonyl (C=O) groups is 2. The number of hydrogen-bond acceptors (Lipinski definition) is 4. The number of likely N-dealkylation sites (tertiary alicyclic amines) is 1. The van der Waals surface area contributed by atoms with Crippen LogP contribution in [0.2, 0.25) is 0 Å². The van der Waals surface area contributed by atoms with Gasteiger partial charge in [0.15, 0.2) is 0 Å². The number of urea groups is 1. The van der Waals surface area contributed by atoms with Gasteiger partial charge in [0.05, 0.1) is 11.7 Å². The maximum Gasteiger partial charge on any atom is 0.348 e. The smallest absolute Gasteiger partial charge is 0.336 e. The first-order valence-corrected chi connectivity index (χ1v) is 12.1. The van der Waals surface area contributed by atoms with Crippen LogP contribution in [0.25, 0.3) is 10.9 Å². The molecule has 1 aliphatic heterocycles. The second-order valence-electron chi connectivity index (χ2n) is 8.22. The molecule has 9 nitrogen and oxygen atoms in total. The Morgan fingerprint density at radius 1 is 1.09 bits per heavy atom. The van der Waals surface area contributed by atoms with Crippen molar-refractivity contribution in [3.8, 4) is 0 Å². The van der Waals surface area contributed by atoms with E-state index >= 15 is 0 Å². The van der Waals surface area contributed by atoms with E-state index in [2.05, 4.69) is 20.3 Å². The summed E-state index contributed by atoms with van der Waals surface area (Å²) in [5.74, 6) is -0.160. The molecule has 0 aliphatic carbocycles. The van der Waals surface area contributed by atoms with E-state index in [4.69, 9.17) is 0 Å². The molecular formula is C23H26N5O4S+. The first-order chi connectivity index (χ1) is 15.7. The van der Waals surface area contributed by atoms with Gasteiger partial charge in [-0.1, -0.05) is 18.2 Å². The first-order valence-electron chi connectivity index (χ1n) is 10.6. The molecule has 0 bridgehead atoms. The van der Waals surface area contributed by atoms with Gasteiger partial charge < -0.3 is 15.5 Å². The summed E-state index contributed by atoms with van der Waals surface area (Å²) in [6, 6.07) is 14.8. The van der Waals surface area contributed by atoms with E-state index in [-0.39, 0.29) is 28.9 Å². The van der Waals surface area contributed by atoms with Crippen molar-refractivity contribution < 1.29 is 18.4 Å². The van der Waals surface area contributed by atoms with E-state index < -0.39 is 10.4 Å². The van der Waals surface area contributed by atoms with E-state index in [0.29, 0.717) is 29.9 Å². The summed E-state index contributed by atoms with van der Waals surface area (Å²) in [7, 11) is -3.61. The van der Waals surface area contributed by atoms with Crippen molar-refractivity contribution in [1.82, 2.24) is 20.5 Å². The summed E-state index contributed by atoms with van der Waals surface area (Å²) < 4.78 is 26.4. The molecule has 2 heterocycles. The van der Waals surface area contributed by atoms with Crippen LogP contribution in [0.1, 0.15) is 24.2 Å². The van der Waals surface area contributed by atoms with Crippen LogP contribution in [-0.4, -0.2) is 51.5 Å². The van der Waals surface area contributed by atoms with E-state index in [1.807, 2.05) is 26.0 Å². The molecule has 1 unspecified atom stereocenters. The standard InChI is InChI=1S/C23H25N5O4S/c1-15(2)25-23(30)26-19-13-28(14-19)22(29)17-8-10-18(11-9-17)27-33(31,32)20-7-3-5-16-6-4-12-24-21(16)20/h3-12,15,19H,13-14H2,1-2H3,(H3-,25,26,27,29,30,31,32)/p+1. The Bertz CT molecular complexity index is 1220. The predicted molar refractivity (Wildman–Crippen MR) is 127 cm³/mol. The van der Waals surface area contributed by atoms with Crippen LogP contribution in [0.3, 0.4) is 0 Å². The molecule has 0 spiro atoms. The molecule has 33 heavy (non-hydrogen) atoms. The molecule has 3 aromatic rings. The largest absolute Gasteiger partial charge is 0.348 e. The van der Waals surface area contributed by atoms with E-state index in [0.717, 1.165) is 5.39 Å². The predicted octanol–water partition coefficient (Wildman–Crippen LogP) is 3.13. The maximum absolute atomic E-state index is 13.0. The molecule has 1 aromatic heterocycles. The van der Waals surface area contributed by atoms with E-state index in [1.54, 1.807) is 53.6 Å². The number of nitrogens with one attached hydrogen (secondary N) is 3. The number of benzene rings is 2. The fourth-order valence-electron chi connectivity index (χ4n) is 3.60. The Hall–Kier alpha value is -3.50. The number of anilines is 1. The van der Waals surface area contributed by atoms with Gasteiger partial charge in [0.25, 0.3) is 5.91 Å². The van der Waals surface area contributed by atoms with Gasteiger partial charge in [-0.3, -0.25) is 9.78 Å². The number of hydrogen-bond donors (Lipinski definition) is 4. The van der Waals surface area contributed by atoms with Gasteiger partial charge in [-0.05, 0) is 48.4 Å². The number of carbonyl (C=O) groups excluding carboxylic acids is 2. The van der Waals surface area contributed by atoms with Crippen LogP contribution in [0, 0.1) is 0 Å². The minimum absolute atomic E-state index is 0.0421. The lowest BCUT2D eigenvalue weighted by Crippen LogP contribution is -2.62. The maximum atomic E-state index is 13.0. The second-order valence-corrected chi connectivity index (χ2v) is 9.91. The van der Waals surface area contributed by atoms with Crippen molar-refractivity contribution in [2.45, 2.75) is 30.8 Å². The molecule has 2 aromatic carbocycles. The quantitative estimate of drug-likeness (QED) is 0.414. The third kappa shape index (κ3) is 5.12. The normalized spacial score (nSPS) is 15.6. The summed E-state index contributed by atoms with van der Waals surface area (Å²) in [5.41, 5.74) is 1.32. The molecule has 1 atom stereocenters. The minimum atomic E-state index is -3.61. The number of amides is 3. The highest BCUT2D eigenvalue weighted by Gasteiger charge is 2.34. The topological polar surface area (TPSA) is 124 Å². The highest BCUT2D eigenvalue weighted by molar-refractivity contribution is 7.99. The Balaban J connectivity index is 1.38. The lowest BCUT2D eigenvalue weighted by molar-refractivity contribution is 0.0577. The number of para-hydroxylation sites is 1. The molecule has 4 N–H and O–H groups in total. The molecule has 1 aliphatic rings. The van der Waals surface area contributed by atoms with Gasteiger partial charge in [-0.25, -0.2) is 4.79 Å². The molecule has 0 saturated carbocycles. The highest BCUT2D eigenvalue weighted by Crippen LogP contribution is 2.27. The summed E-state index contributed by atoms with van der Waals surface area (Å²) in [6.45, 7) is 4.62. The van der Waals surface area contributed by atoms with Crippen LogP contribution in [0.5, 0.6) is 0 Å². The zero-order valence-corrected chi connectivity index (χ0v) is 19.1. The van der Waals surface area contributed by atoms with Gasteiger partial charge in [0.2, 0.25) is 4.90 Å². The van der Waals surface area contributed by atoms with E-state index in [9.17, 15) is 18.4 Å². The molecule has 0 radical (unpaired) electrons. The van der Waals surface area contributed by atoms with Crippen molar-refractivity contribution in [2.75, 3.05) is 17.8 Å². The van der Waals surface area contributed by atoms with Crippen LogP contribution in [0.15, 0.2) is 65.7 Å². The molecule has 1 saturated heterocycles. The number of rotatable bonds is 6. The summed E-state index contributed by atoms with van der Waals surface area (Å²) >= 11 is 0.